The second-order valence-corrected chi connectivity index (χ2v) is 7.40. The third kappa shape index (κ3) is 2.76. The summed E-state index contributed by atoms with van der Waals surface area (Å²) < 4.78 is 0. The van der Waals surface area contributed by atoms with E-state index in [9.17, 15) is 10.2 Å². The van der Waals surface area contributed by atoms with E-state index in [2.05, 4.69) is 25.7 Å². The summed E-state index contributed by atoms with van der Waals surface area (Å²) in [7, 11) is 0. The van der Waals surface area contributed by atoms with E-state index in [1.807, 2.05) is 0 Å². The highest BCUT2D eigenvalue weighted by Gasteiger charge is 2.37. The zero-order valence-electron chi connectivity index (χ0n) is 13.3. The lowest BCUT2D eigenvalue weighted by Gasteiger charge is -2.47. The van der Waals surface area contributed by atoms with Gasteiger partial charge in [0, 0.05) is 19.1 Å². The molecule has 0 aliphatic carbocycles. The Balaban J connectivity index is 1.85. The maximum absolute atomic E-state index is 9.83. The van der Waals surface area contributed by atoms with Crippen molar-refractivity contribution in [2.75, 3.05) is 13.1 Å². The van der Waals surface area contributed by atoms with Gasteiger partial charge >= 0.3 is 0 Å². The van der Waals surface area contributed by atoms with E-state index in [1.165, 1.54) is 24.1 Å². The fourth-order valence-corrected chi connectivity index (χ4v) is 4.21. The quantitative estimate of drug-likeness (QED) is 0.816. The lowest BCUT2D eigenvalue weighted by atomic mass is 9.75. The first-order valence-electron chi connectivity index (χ1n) is 8.24. The molecule has 0 aromatic heterocycles. The summed E-state index contributed by atoms with van der Waals surface area (Å²) in [5, 5.41) is 19.5. The summed E-state index contributed by atoms with van der Waals surface area (Å²) in [4.78, 5) is 2.59. The summed E-state index contributed by atoms with van der Waals surface area (Å²) in [5.41, 5.74) is 2.44. The highest BCUT2D eigenvalue weighted by molar-refractivity contribution is 5.48. The summed E-state index contributed by atoms with van der Waals surface area (Å²) in [5.74, 6) is 2.30. The van der Waals surface area contributed by atoms with E-state index in [0.717, 1.165) is 37.1 Å². The van der Waals surface area contributed by atoms with Crippen LogP contribution < -0.4 is 0 Å². The van der Waals surface area contributed by atoms with Crippen LogP contribution in [0.1, 0.15) is 50.8 Å². The average Bonchev–Trinajstić information content (AvgIpc) is 2.41. The number of phenolic OH excluding ortho intramolecular Hbond substituents is 2. The number of piperidine rings is 1. The number of benzene rings is 1. The summed E-state index contributed by atoms with van der Waals surface area (Å²) in [6.45, 7) is 9.24. The second kappa shape index (κ2) is 5.53. The van der Waals surface area contributed by atoms with Crippen molar-refractivity contribution in [3.05, 3.63) is 23.3 Å². The monoisotopic (exact) mass is 289 g/mol. The van der Waals surface area contributed by atoms with Crippen LogP contribution >= 0.6 is 0 Å². The van der Waals surface area contributed by atoms with Gasteiger partial charge in [-0.15, -0.1) is 0 Å². The second-order valence-electron chi connectivity index (χ2n) is 7.40. The van der Waals surface area contributed by atoms with Gasteiger partial charge in [-0.2, -0.15) is 0 Å². The number of fused-ring (bicyclic) bond motifs is 3. The molecule has 0 amide bonds. The topological polar surface area (TPSA) is 43.7 Å². The summed E-state index contributed by atoms with van der Waals surface area (Å²) >= 11 is 0. The first-order chi connectivity index (χ1) is 9.95. The van der Waals surface area contributed by atoms with Gasteiger partial charge in [0.2, 0.25) is 0 Å². The molecule has 3 atom stereocenters. The fourth-order valence-electron chi connectivity index (χ4n) is 4.21. The van der Waals surface area contributed by atoms with Crippen LogP contribution in [0.15, 0.2) is 12.1 Å². The SMILES string of the molecule is CC(C)C[C@@H]1CN2CCc3cc(O)c(O)cc3[C@H]2CC1C. The van der Waals surface area contributed by atoms with Gasteiger partial charge in [-0.05, 0) is 60.3 Å². The lowest BCUT2D eigenvalue weighted by molar-refractivity contribution is 0.0515. The van der Waals surface area contributed by atoms with Crippen molar-refractivity contribution in [2.24, 2.45) is 17.8 Å². The Morgan fingerprint density at radius 2 is 1.95 bits per heavy atom. The van der Waals surface area contributed by atoms with Crippen LogP contribution in [0.4, 0.5) is 0 Å². The number of rotatable bonds is 2. The normalized spacial score (nSPS) is 29.2. The molecule has 1 unspecified atom stereocenters. The molecule has 0 saturated carbocycles. The molecule has 0 spiro atoms. The van der Waals surface area contributed by atoms with Gasteiger partial charge < -0.3 is 10.2 Å². The molecule has 2 aliphatic rings. The Labute approximate surface area is 127 Å². The first-order valence-corrected chi connectivity index (χ1v) is 8.24. The van der Waals surface area contributed by atoms with Gasteiger partial charge in [0.05, 0.1) is 0 Å². The molecule has 3 nitrogen and oxygen atoms in total. The third-order valence-electron chi connectivity index (χ3n) is 5.35. The molecule has 1 fully saturated rings. The van der Waals surface area contributed by atoms with Crippen LogP contribution in [0.5, 0.6) is 11.5 Å². The minimum Gasteiger partial charge on any atom is -0.504 e. The molecule has 21 heavy (non-hydrogen) atoms. The van der Waals surface area contributed by atoms with Gasteiger partial charge in [0.1, 0.15) is 0 Å². The molecule has 1 aromatic carbocycles. The highest BCUT2D eigenvalue weighted by Crippen LogP contribution is 2.44. The maximum atomic E-state index is 9.83. The number of hydrogen-bond acceptors (Lipinski definition) is 3. The van der Waals surface area contributed by atoms with Crippen LogP contribution in [0.25, 0.3) is 0 Å². The van der Waals surface area contributed by atoms with Gasteiger partial charge in [-0.3, -0.25) is 4.90 Å². The number of phenols is 2. The molecule has 3 rings (SSSR count). The van der Waals surface area contributed by atoms with Crippen molar-refractivity contribution in [2.45, 2.75) is 46.1 Å². The number of aromatic hydroxyl groups is 2. The summed E-state index contributed by atoms with van der Waals surface area (Å²) in [6, 6.07) is 3.96. The minimum absolute atomic E-state index is 0.0174. The largest absolute Gasteiger partial charge is 0.504 e. The Morgan fingerprint density at radius 1 is 1.24 bits per heavy atom. The van der Waals surface area contributed by atoms with E-state index in [-0.39, 0.29) is 11.5 Å². The van der Waals surface area contributed by atoms with Crippen molar-refractivity contribution >= 4 is 0 Å². The Kier molecular flexibility index (Phi) is 3.87. The molecule has 2 aliphatic heterocycles. The van der Waals surface area contributed by atoms with Crippen LogP contribution in [0.3, 0.4) is 0 Å². The predicted octanol–water partition coefficient (Wildman–Crippen LogP) is 3.70. The van der Waals surface area contributed by atoms with E-state index in [1.54, 1.807) is 12.1 Å². The maximum Gasteiger partial charge on any atom is 0.157 e. The number of hydrogen-bond donors (Lipinski definition) is 2. The zero-order chi connectivity index (χ0) is 15.1. The molecular weight excluding hydrogens is 262 g/mol. The summed E-state index contributed by atoms with van der Waals surface area (Å²) in [6.07, 6.45) is 3.44. The van der Waals surface area contributed by atoms with Gasteiger partial charge in [-0.1, -0.05) is 20.8 Å². The molecule has 1 aromatic rings. The molecule has 2 heterocycles. The van der Waals surface area contributed by atoms with E-state index < -0.39 is 0 Å². The van der Waals surface area contributed by atoms with Gasteiger partial charge in [0.15, 0.2) is 11.5 Å². The molecule has 1 saturated heterocycles. The van der Waals surface area contributed by atoms with Crippen LogP contribution in [-0.2, 0) is 6.42 Å². The fraction of sp³-hybridized carbons (Fsp3) is 0.667. The standard InChI is InChI=1S/C18H27NO2/c1-11(2)6-14-10-19-5-4-13-8-17(20)18(21)9-15(13)16(19)7-12(14)3/h8-9,11-12,14,16,20-21H,4-7,10H2,1-3H3/t12?,14-,16-/m1/s1. The first kappa shape index (κ1) is 14.7. The van der Waals surface area contributed by atoms with Crippen LogP contribution in [0.2, 0.25) is 0 Å². The van der Waals surface area contributed by atoms with Crippen molar-refractivity contribution < 1.29 is 10.2 Å². The number of nitrogens with zero attached hydrogens (tertiary/aromatic N) is 1. The molecular formula is C18H27NO2. The van der Waals surface area contributed by atoms with E-state index >= 15 is 0 Å². The highest BCUT2D eigenvalue weighted by atomic mass is 16.3. The van der Waals surface area contributed by atoms with Gasteiger partial charge in [-0.25, -0.2) is 0 Å². The van der Waals surface area contributed by atoms with Crippen molar-refractivity contribution in [3.63, 3.8) is 0 Å². The van der Waals surface area contributed by atoms with Gasteiger partial charge in [0.25, 0.3) is 0 Å². The average molecular weight is 289 g/mol. The smallest absolute Gasteiger partial charge is 0.157 e. The van der Waals surface area contributed by atoms with E-state index in [4.69, 9.17) is 0 Å². The molecule has 0 bridgehead atoms. The van der Waals surface area contributed by atoms with E-state index in [0.29, 0.717) is 6.04 Å². The zero-order valence-corrected chi connectivity index (χ0v) is 13.3. The Morgan fingerprint density at radius 3 is 2.67 bits per heavy atom. The molecule has 3 heteroatoms. The van der Waals surface area contributed by atoms with Crippen LogP contribution in [-0.4, -0.2) is 28.2 Å². The molecule has 2 N–H and O–H groups in total. The molecule has 116 valence electrons. The minimum atomic E-state index is 0.0174. The Hall–Kier alpha value is -1.22. The third-order valence-corrected chi connectivity index (χ3v) is 5.35. The molecule has 0 radical (unpaired) electrons. The van der Waals surface area contributed by atoms with Crippen LogP contribution in [0, 0.1) is 17.8 Å². The predicted molar refractivity (Wildman–Crippen MR) is 84.5 cm³/mol. The van der Waals surface area contributed by atoms with Crippen molar-refractivity contribution in [1.82, 2.24) is 4.90 Å². The van der Waals surface area contributed by atoms with Crippen molar-refractivity contribution in [1.29, 1.82) is 0 Å². The van der Waals surface area contributed by atoms with Crippen molar-refractivity contribution in [3.8, 4) is 11.5 Å². The lowest BCUT2D eigenvalue weighted by Crippen LogP contribution is -2.45. The Bertz CT molecular complexity index is 526.